The van der Waals surface area contributed by atoms with Crippen LogP contribution in [0.5, 0.6) is 0 Å². The van der Waals surface area contributed by atoms with Gasteiger partial charge < -0.3 is 5.32 Å². The molecule has 0 heterocycles. The molecular weight excluding hydrogens is 398 g/mol. The third kappa shape index (κ3) is 8.37. The lowest BCUT2D eigenvalue weighted by atomic mass is 10.1. The minimum atomic E-state index is -0.202. The van der Waals surface area contributed by atoms with E-state index < -0.39 is 0 Å². The van der Waals surface area contributed by atoms with Crippen LogP contribution in [0.4, 0.5) is 5.69 Å². The lowest BCUT2D eigenvalue weighted by Crippen LogP contribution is -2.18. The first-order chi connectivity index (χ1) is 14.5. The summed E-state index contributed by atoms with van der Waals surface area (Å²) in [5, 5.41) is 7.62. The molecule has 160 valence electrons. The highest BCUT2D eigenvalue weighted by molar-refractivity contribution is 6.30. The van der Waals surface area contributed by atoms with Crippen LogP contribution in [0.2, 0.25) is 5.02 Å². The number of halogens is 1. The number of nitrogens with zero attached hydrogens (tertiary/aromatic N) is 1. The van der Waals surface area contributed by atoms with Gasteiger partial charge in [-0.25, -0.2) is 5.43 Å². The fourth-order valence-electron chi connectivity index (χ4n) is 2.93. The molecular formula is C24H30ClN3O2. The van der Waals surface area contributed by atoms with Gasteiger partial charge in [-0.05, 0) is 55.3 Å². The van der Waals surface area contributed by atoms with Gasteiger partial charge in [0.1, 0.15) is 0 Å². The molecule has 0 saturated heterocycles. The first-order valence-corrected chi connectivity index (χ1v) is 10.9. The molecule has 30 heavy (non-hydrogen) atoms. The average Bonchev–Trinajstić information content (AvgIpc) is 2.75. The molecule has 2 N–H and O–H groups in total. The Labute approximate surface area is 183 Å². The van der Waals surface area contributed by atoms with Crippen LogP contribution in [-0.4, -0.2) is 17.5 Å². The van der Waals surface area contributed by atoms with Gasteiger partial charge >= 0.3 is 0 Å². The summed E-state index contributed by atoms with van der Waals surface area (Å²) in [6.45, 7) is 4.03. The number of anilines is 1. The van der Waals surface area contributed by atoms with Crippen LogP contribution in [0.25, 0.3) is 0 Å². The number of hydrogen-bond acceptors (Lipinski definition) is 3. The van der Waals surface area contributed by atoms with E-state index in [-0.39, 0.29) is 11.8 Å². The molecule has 2 rings (SSSR count). The Balaban J connectivity index is 1.79. The average molecular weight is 428 g/mol. The van der Waals surface area contributed by atoms with Crippen molar-refractivity contribution in [2.24, 2.45) is 5.10 Å². The minimum Gasteiger partial charge on any atom is -0.322 e. The van der Waals surface area contributed by atoms with Gasteiger partial charge in [-0.2, -0.15) is 5.10 Å². The summed E-state index contributed by atoms with van der Waals surface area (Å²) in [5.74, 6) is -0.261. The van der Waals surface area contributed by atoms with Crippen molar-refractivity contribution >= 4 is 34.8 Å². The molecule has 0 unspecified atom stereocenters. The van der Waals surface area contributed by atoms with Crippen molar-refractivity contribution in [1.29, 1.82) is 0 Å². The monoisotopic (exact) mass is 427 g/mol. The number of hydrazone groups is 1. The van der Waals surface area contributed by atoms with E-state index in [9.17, 15) is 9.59 Å². The highest BCUT2D eigenvalue weighted by atomic mass is 35.5. The van der Waals surface area contributed by atoms with Gasteiger partial charge in [-0.15, -0.1) is 0 Å². The Kier molecular flexibility index (Phi) is 10.1. The number of benzene rings is 2. The third-order valence-electron chi connectivity index (χ3n) is 4.77. The van der Waals surface area contributed by atoms with E-state index in [1.165, 1.54) is 25.7 Å². The lowest BCUT2D eigenvalue weighted by Gasteiger charge is -2.07. The third-order valence-corrected chi connectivity index (χ3v) is 5.02. The van der Waals surface area contributed by atoms with E-state index in [1.54, 1.807) is 36.4 Å². The van der Waals surface area contributed by atoms with Gasteiger partial charge in [0, 0.05) is 22.7 Å². The van der Waals surface area contributed by atoms with Crippen LogP contribution in [0.15, 0.2) is 53.6 Å². The van der Waals surface area contributed by atoms with Crippen molar-refractivity contribution in [3.8, 4) is 0 Å². The number of carbonyl (C=O) groups excluding carboxylic acids is 2. The molecule has 0 aromatic heterocycles. The summed E-state index contributed by atoms with van der Waals surface area (Å²) in [5.41, 5.74) is 5.42. The van der Waals surface area contributed by atoms with Crippen LogP contribution in [0.3, 0.4) is 0 Å². The zero-order valence-electron chi connectivity index (χ0n) is 17.7. The van der Waals surface area contributed by atoms with Crippen molar-refractivity contribution in [1.82, 2.24) is 5.43 Å². The zero-order chi connectivity index (χ0) is 21.8. The molecule has 2 aromatic carbocycles. The summed E-state index contributed by atoms with van der Waals surface area (Å²) >= 11 is 5.85. The van der Waals surface area contributed by atoms with Gasteiger partial charge in [0.15, 0.2) is 0 Å². The van der Waals surface area contributed by atoms with Crippen LogP contribution in [0.1, 0.15) is 74.7 Å². The number of unbranched alkanes of at least 4 members (excludes halogenated alkanes) is 5. The Morgan fingerprint density at radius 3 is 2.13 bits per heavy atom. The standard InChI is InChI=1S/C24H30ClN3O2/c1-3-4-5-6-7-8-9-23(29)28-27-18(2)19-12-16-22(17-13-19)26-24(30)20-10-14-21(25)15-11-20/h10-17H,3-9H2,1-2H3,(H,26,30)(H,28,29). The summed E-state index contributed by atoms with van der Waals surface area (Å²) in [4.78, 5) is 24.2. The van der Waals surface area contributed by atoms with E-state index in [0.717, 1.165) is 18.4 Å². The second-order valence-corrected chi connectivity index (χ2v) is 7.72. The summed E-state index contributed by atoms with van der Waals surface area (Å²) in [6, 6.07) is 14.0. The number of hydrogen-bond donors (Lipinski definition) is 2. The lowest BCUT2D eigenvalue weighted by molar-refractivity contribution is -0.121. The quantitative estimate of drug-likeness (QED) is 0.255. The maximum atomic E-state index is 12.3. The molecule has 2 aromatic rings. The van der Waals surface area contributed by atoms with Crippen molar-refractivity contribution in [2.45, 2.75) is 58.8 Å². The first kappa shape index (κ1) is 23.6. The number of rotatable bonds is 11. The van der Waals surface area contributed by atoms with Crippen LogP contribution in [0, 0.1) is 0 Å². The molecule has 0 bridgehead atoms. The Morgan fingerprint density at radius 1 is 0.867 bits per heavy atom. The largest absolute Gasteiger partial charge is 0.322 e. The van der Waals surface area contributed by atoms with E-state index >= 15 is 0 Å². The van der Waals surface area contributed by atoms with Crippen LogP contribution >= 0.6 is 11.6 Å². The molecule has 0 aliphatic rings. The SMILES string of the molecule is CCCCCCCCC(=O)NN=C(C)c1ccc(NC(=O)c2ccc(Cl)cc2)cc1. The van der Waals surface area contributed by atoms with E-state index in [1.807, 2.05) is 19.1 Å². The molecule has 6 heteroatoms. The van der Waals surface area contributed by atoms with Crippen molar-refractivity contribution in [3.05, 3.63) is 64.7 Å². The van der Waals surface area contributed by atoms with Gasteiger partial charge in [-0.1, -0.05) is 62.8 Å². The Hall–Kier alpha value is -2.66. The summed E-state index contributed by atoms with van der Waals surface area (Å²) in [7, 11) is 0. The molecule has 0 spiro atoms. The van der Waals surface area contributed by atoms with Gasteiger partial charge in [-0.3, -0.25) is 9.59 Å². The maximum Gasteiger partial charge on any atom is 0.255 e. The molecule has 0 saturated carbocycles. The number of carbonyl (C=O) groups is 2. The van der Waals surface area contributed by atoms with E-state index in [2.05, 4.69) is 22.8 Å². The topological polar surface area (TPSA) is 70.6 Å². The van der Waals surface area contributed by atoms with Crippen molar-refractivity contribution in [2.75, 3.05) is 5.32 Å². The summed E-state index contributed by atoms with van der Waals surface area (Å²) < 4.78 is 0. The zero-order valence-corrected chi connectivity index (χ0v) is 18.5. The molecule has 0 aliphatic carbocycles. The van der Waals surface area contributed by atoms with Gasteiger partial charge in [0.25, 0.3) is 5.91 Å². The molecule has 2 amide bonds. The van der Waals surface area contributed by atoms with E-state index in [0.29, 0.717) is 28.4 Å². The number of amides is 2. The normalized spacial score (nSPS) is 11.2. The van der Waals surface area contributed by atoms with E-state index in [4.69, 9.17) is 11.6 Å². The summed E-state index contributed by atoms with van der Waals surface area (Å²) in [6.07, 6.45) is 7.39. The fourth-order valence-corrected chi connectivity index (χ4v) is 3.06. The molecule has 5 nitrogen and oxygen atoms in total. The van der Waals surface area contributed by atoms with Crippen molar-refractivity contribution < 1.29 is 9.59 Å². The highest BCUT2D eigenvalue weighted by Gasteiger charge is 2.07. The van der Waals surface area contributed by atoms with Crippen LogP contribution < -0.4 is 10.7 Å². The maximum absolute atomic E-state index is 12.3. The molecule has 0 atom stereocenters. The predicted molar refractivity (Wildman–Crippen MR) is 124 cm³/mol. The van der Waals surface area contributed by atoms with Gasteiger partial charge in [0.2, 0.25) is 5.91 Å². The molecule has 0 aliphatic heterocycles. The van der Waals surface area contributed by atoms with Gasteiger partial charge in [0.05, 0.1) is 5.71 Å². The Morgan fingerprint density at radius 2 is 1.47 bits per heavy atom. The van der Waals surface area contributed by atoms with Crippen molar-refractivity contribution in [3.63, 3.8) is 0 Å². The molecule has 0 fully saturated rings. The second-order valence-electron chi connectivity index (χ2n) is 7.29. The smallest absolute Gasteiger partial charge is 0.255 e. The Bertz CT molecular complexity index is 846. The first-order valence-electron chi connectivity index (χ1n) is 10.5. The number of nitrogens with one attached hydrogen (secondary N) is 2. The minimum absolute atomic E-state index is 0.0586. The highest BCUT2D eigenvalue weighted by Crippen LogP contribution is 2.14. The molecule has 0 radical (unpaired) electrons. The fraction of sp³-hybridized carbons (Fsp3) is 0.375. The van der Waals surface area contributed by atoms with Crippen LogP contribution in [-0.2, 0) is 4.79 Å². The second kappa shape index (κ2) is 12.8. The predicted octanol–water partition coefficient (Wildman–Crippen LogP) is 6.18.